The predicted molar refractivity (Wildman–Crippen MR) is 103 cm³/mol. The van der Waals surface area contributed by atoms with Crippen LogP contribution < -0.4 is 0 Å². The van der Waals surface area contributed by atoms with Gasteiger partial charge < -0.3 is 15.1 Å². The van der Waals surface area contributed by atoms with Crippen LogP contribution in [0.3, 0.4) is 0 Å². The SMILES string of the molecule is C[C@@H](O)[C@H]1C(=O)N2C(C(=O)O)=C(c3sc4cncn4c3-c3ccccc3)C[C@H]12. The molecule has 0 aliphatic carbocycles. The highest BCUT2D eigenvalue weighted by Crippen LogP contribution is 2.50. The molecule has 0 unspecified atom stereocenters. The van der Waals surface area contributed by atoms with Gasteiger partial charge in [0.25, 0.3) is 0 Å². The summed E-state index contributed by atoms with van der Waals surface area (Å²) in [5.74, 6) is -2.00. The van der Waals surface area contributed by atoms with Crippen molar-refractivity contribution in [2.24, 2.45) is 5.92 Å². The first kappa shape index (κ1) is 17.2. The molecule has 2 aromatic heterocycles. The van der Waals surface area contributed by atoms with E-state index in [4.69, 9.17) is 0 Å². The van der Waals surface area contributed by atoms with Gasteiger partial charge in [-0.05, 0) is 13.3 Å². The molecule has 4 heterocycles. The monoisotopic (exact) mass is 395 g/mol. The Kier molecular flexibility index (Phi) is 3.68. The van der Waals surface area contributed by atoms with E-state index < -0.39 is 18.0 Å². The molecule has 5 rings (SSSR count). The number of hydrogen-bond acceptors (Lipinski definition) is 5. The molecule has 1 fully saturated rings. The van der Waals surface area contributed by atoms with Crippen molar-refractivity contribution in [3.8, 4) is 11.3 Å². The number of rotatable bonds is 4. The minimum Gasteiger partial charge on any atom is -0.477 e. The minimum atomic E-state index is -1.12. The molecule has 28 heavy (non-hydrogen) atoms. The number of aliphatic hydroxyl groups excluding tert-OH is 1. The van der Waals surface area contributed by atoms with Crippen LogP contribution in [0.5, 0.6) is 0 Å². The molecule has 0 spiro atoms. The largest absolute Gasteiger partial charge is 0.477 e. The fourth-order valence-electron chi connectivity index (χ4n) is 4.33. The molecular formula is C20H17N3O4S. The summed E-state index contributed by atoms with van der Waals surface area (Å²) in [6, 6.07) is 9.42. The molecule has 2 aliphatic heterocycles. The van der Waals surface area contributed by atoms with Crippen LogP contribution in [0.4, 0.5) is 0 Å². The molecule has 8 heteroatoms. The van der Waals surface area contributed by atoms with E-state index in [1.807, 2.05) is 34.7 Å². The Hall–Kier alpha value is -2.97. The smallest absolute Gasteiger partial charge is 0.352 e. The van der Waals surface area contributed by atoms with Crippen molar-refractivity contribution in [2.45, 2.75) is 25.5 Å². The van der Waals surface area contributed by atoms with Gasteiger partial charge in [-0.15, -0.1) is 11.3 Å². The zero-order valence-corrected chi connectivity index (χ0v) is 15.8. The maximum absolute atomic E-state index is 12.5. The lowest BCUT2D eigenvalue weighted by atomic mass is 9.83. The molecule has 3 atom stereocenters. The Morgan fingerprint density at radius 1 is 1.32 bits per heavy atom. The lowest BCUT2D eigenvalue weighted by molar-refractivity contribution is -0.161. The van der Waals surface area contributed by atoms with E-state index in [-0.39, 0.29) is 17.6 Å². The first-order chi connectivity index (χ1) is 13.5. The average molecular weight is 395 g/mol. The number of aromatic nitrogens is 2. The second kappa shape index (κ2) is 6.02. The highest BCUT2D eigenvalue weighted by Gasteiger charge is 2.57. The molecule has 2 N–H and O–H groups in total. The quantitative estimate of drug-likeness (QED) is 0.662. The lowest BCUT2D eigenvalue weighted by Crippen LogP contribution is -2.61. The molecular weight excluding hydrogens is 378 g/mol. The average Bonchev–Trinajstić information content (AvgIpc) is 3.32. The number of amides is 1. The van der Waals surface area contributed by atoms with Crippen molar-refractivity contribution in [1.82, 2.24) is 14.3 Å². The number of fused-ring (bicyclic) bond motifs is 2. The minimum absolute atomic E-state index is 0.0292. The number of carbonyl (C=O) groups excluding carboxylic acids is 1. The third-order valence-corrected chi connectivity index (χ3v) is 6.67. The molecule has 2 aliphatic rings. The van der Waals surface area contributed by atoms with Gasteiger partial charge in [0, 0.05) is 11.1 Å². The van der Waals surface area contributed by atoms with Gasteiger partial charge in [0.05, 0.1) is 34.8 Å². The number of benzene rings is 1. The molecule has 1 saturated heterocycles. The highest BCUT2D eigenvalue weighted by atomic mass is 32.1. The summed E-state index contributed by atoms with van der Waals surface area (Å²) in [4.78, 5) is 31.9. The summed E-state index contributed by atoms with van der Waals surface area (Å²) in [6.45, 7) is 1.58. The van der Waals surface area contributed by atoms with Crippen molar-refractivity contribution in [2.75, 3.05) is 0 Å². The summed E-state index contributed by atoms with van der Waals surface area (Å²) in [6.07, 6.45) is 3.07. The Bertz CT molecular complexity index is 1140. The summed E-state index contributed by atoms with van der Waals surface area (Å²) >= 11 is 1.47. The summed E-state index contributed by atoms with van der Waals surface area (Å²) in [5, 5.41) is 19.8. The van der Waals surface area contributed by atoms with Crippen LogP contribution in [0.15, 0.2) is 48.6 Å². The van der Waals surface area contributed by atoms with Crippen LogP contribution in [0, 0.1) is 5.92 Å². The second-order valence-corrected chi connectivity index (χ2v) is 8.16. The number of nitrogens with zero attached hydrogens (tertiary/aromatic N) is 3. The van der Waals surface area contributed by atoms with Gasteiger partial charge >= 0.3 is 5.97 Å². The summed E-state index contributed by atoms with van der Waals surface area (Å²) < 4.78 is 1.95. The van der Waals surface area contributed by atoms with E-state index >= 15 is 0 Å². The number of hydrogen-bond donors (Lipinski definition) is 2. The predicted octanol–water partition coefficient (Wildman–Crippen LogP) is 2.47. The van der Waals surface area contributed by atoms with Gasteiger partial charge in [-0.2, -0.15) is 0 Å². The van der Waals surface area contributed by atoms with Crippen molar-refractivity contribution in [3.05, 3.63) is 53.4 Å². The Morgan fingerprint density at radius 3 is 2.75 bits per heavy atom. The zero-order valence-electron chi connectivity index (χ0n) is 14.9. The van der Waals surface area contributed by atoms with Gasteiger partial charge in [0.1, 0.15) is 16.9 Å². The first-order valence-corrected chi connectivity index (χ1v) is 9.79. The van der Waals surface area contributed by atoms with E-state index in [0.717, 1.165) is 21.0 Å². The molecule has 1 amide bonds. The van der Waals surface area contributed by atoms with Crippen LogP contribution in [-0.4, -0.2) is 48.5 Å². The number of imidazole rings is 1. The number of carboxylic acids is 1. The van der Waals surface area contributed by atoms with Crippen LogP contribution in [-0.2, 0) is 9.59 Å². The third kappa shape index (κ3) is 2.22. The van der Waals surface area contributed by atoms with Gasteiger partial charge in [0.2, 0.25) is 5.91 Å². The van der Waals surface area contributed by atoms with E-state index in [0.29, 0.717) is 12.0 Å². The van der Waals surface area contributed by atoms with Crippen LogP contribution >= 0.6 is 11.3 Å². The zero-order chi connectivity index (χ0) is 19.6. The van der Waals surface area contributed by atoms with Gasteiger partial charge in [-0.25, -0.2) is 9.78 Å². The molecule has 1 aromatic carbocycles. The van der Waals surface area contributed by atoms with Crippen LogP contribution in [0.1, 0.15) is 18.2 Å². The van der Waals surface area contributed by atoms with Gasteiger partial charge in [-0.3, -0.25) is 9.20 Å². The number of β-lactam (4-membered cyclic amide) rings is 1. The number of carboxylic acid groups (broad SMARTS) is 1. The molecule has 7 nitrogen and oxygen atoms in total. The third-order valence-electron chi connectivity index (χ3n) is 5.52. The van der Waals surface area contributed by atoms with E-state index in [1.54, 1.807) is 19.4 Å². The fraction of sp³-hybridized carbons (Fsp3) is 0.250. The molecule has 0 bridgehead atoms. The Labute approximate surface area is 164 Å². The molecule has 0 radical (unpaired) electrons. The topological polar surface area (TPSA) is 95.1 Å². The fourth-order valence-corrected chi connectivity index (χ4v) is 5.51. The lowest BCUT2D eigenvalue weighted by Gasteiger charge is -2.44. The normalized spacial score (nSPS) is 22.5. The van der Waals surface area contributed by atoms with Gasteiger partial charge in [0.15, 0.2) is 0 Å². The number of carbonyl (C=O) groups is 2. The van der Waals surface area contributed by atoms with Crippen molar-refractivity contribution < 1.29 is 19.8 Å². The van der Waals surface area contributed by atoms with Crippen molar-refractivity contribution in [3.63, 3.8) is 0 Å². The Balaban J connectivity index is 1.72. The molecule has 3 aromatic rings. The van der Waals surface area contributed by atoms with Crippen molar-refractivity contribution in [1.29, 1.82) is 0 Å². The maximum Gasteiger partial charge on any atom is 0.352 e. The van der Waals surface area contributed by atoms with E-state index in [9.17, 15) is 19.8 Å². The summed E-state index contributed by atoms with van der Waals surface area (Å²) in [5.41, 5.74) is 2.49. The highest BCUT2D eigenvalue weighted by molar-refractivity contribution is 7.19. The van der Waals surface area contributed by atoms with Crippen LogP contribution in [0.25, 0.3) is 21.7 Å². The number of aliphatic carboxylic acids is 1. The Morgan fingerprint density at radius 2 is 2.07 bits per heavy atom. The number of thiazole rings is 1. The van der Waals surface area contributed by atoms with E-state index in [1.165, 1.54) is 16.2 Å². The van der Waals surface area contributed by atoms with Crippen LogP contribution in [0.2, 0.25) is 0 Å². The van der Waals surface area contributed by atoms with E-state index in [2.05, 4.69) is 4.98 Å². The molecule has 142 valence electrons. The standard InChI is InChI=1S/C20H17N3O4S/c1-10(24)15-13-7-12(17(20(26)27)23(13)19(15)25)18-16(11-5-3-2-4-6-11)22-9-21-8-14(22)28-18/h2-6,8-10,13,15,24H,7H2,1H3,(H,26,27)/t10-,13-,15-/m1/s1. The second-order valence-electron chi connectivity index (χ2n) is 7.13. The number of aliphatic hydroxyl groups is 1. The van der Waals surface area contributed by atoms with Crippen molar-refractivity contribution >= 4 is 33.6 Å². The molecule has 0 saturated carbocycles. The first-order valence-electron chi connectivity index (χ1n) is 8.97. The summed E-state index contributed by atoms with van der Waals surface area (Å²) in [7, 11) is 0. The van der Waals surface area contributed by atoms with Gasteiger partial charge in [-0.1, -0.05) is 30.3 Å². The maximum atomic E-state index is 12.5.